The minimum atomic E-state index is 0.998. The molecule has 0 aliphatic carbocycles. The zero-order valence-corrected chi connectivity index (χ0v) is 12.0. The summed E-state index contributed by atoms with van der Waals surface area (Å²) >= 11 is 0. The predicted octanol–water partition coefficient (Wildman–Crippen LogP) is 4.89. The molecule has 0 saturated carbocycles. The highest BCUT2D eigenvalue weighted by molar-refractivity contribution is 5.95. The minimum absolute atomic E-state index is 0.998. The Morgan fingerprint density at radius 2 is 1.86 bits per heavy atom. The van der Waals surface area contributed by atoms with Crippen LogP contribution in [-0.2, 0) is 0 Å². The lowest BCUT2D eigenvalue weighted by Gasteiger charge is -2.07. The van der Waals surface area contributed by atoms with E-state index < -0.39 is 0 Å². The zero-order chi connectivity index (χ0) is 14.7. The molecule has 0 fully saturated rings. The van der Waals surface area contributed by atoms with Gasteiger partial charge in [0.2, 0.25) is 0 Å². The molecule has 3 aromatic rings. The van der Waals surface area contributed by atoms with E-state index in [4.69, 9.17) is 0 Å². The van der Waals surface area contributed by atoms with Crippen LogP contribution in [0.25, 0.3) is 28.1 Å². The fraction of sp³-hybridized carbons (Fsp3) is 0.0526. The number of hydrogen-bond donors (Lipinski definition) is 0. The largest absolute Gasteiger partial charge is 0.265 e. The highest BCUT2D eigenvalue weighted by Crippen LogP contribution is 2.28. The van der Waals surface area contributed by atoms with Gasteiger partial charge in [-0.3, -0.25) is 9.97 Å². The third-order valence-electron chi connectivity index (χ3n) is 3.47. The second kappa shape index (κ2) is 5.71. The Morgan fingerprint density at radius 1 is 1.05 bits per heavy atom. The van der Waals surface area contributed by atoms with Gasteiger partial charge in [0.05, 0.1) is 5.52 Å². The number of fused-ring (bicyclic) bond motifs is 1. The molecule has 102 valence electrons. The van der Waals surface area contributed by atoms with Crippen LogP contribution in [0.1, 0.15) is 12.5 Å². The molecule has 2 heterocycles. The number of hydrogen-bond acceptors (Lipinski definition) is 2. The van der Waals surface area contributed by atoms with Crippen LogP contribution in [0.4, 0.5) is 0 Å². The lowest BCUT2D eigenvalue weighted by atomic mass is 10.00. The number of benzene rings is 1. The SMILES string of the molecule is C=C/C(C)=C/c1ccc2nccc(-c3ccncc3)c2c1. The van der Waals surface area contributed by atoms with Crippen molar-refractivity contribution in [2.75, 3.05) is 0 Å². The number of nitrogens with zero attached hydrogens (tertiary/aromatic N) is 2. The standard InChI is InChI=1S/C19H16N2/c1-3-14(2)12-15-4-5-19-18(13-15)17(8-11-21-19)16-6-9-20-10-7-16/h3-13H,1H2,2H3/b14-12+. The van der Waals surface area contributed by atoms with Crippen LogP contribution >= 0.6 is 0 Å². The Hall–Kier alpha value is -2.74. The molecule has 0 atom stereocenters. The monoisotopic (exact) mass is 272 g/mol. The van der Waals surface area contributed by atoms with Crippen molar-refractivity contribution in [3.8, 4) is 11.1 Å². The first-order chi connectivity index (χ1) is 10.3. The van der Waals surface area contributed by atoms with Crippen LogP contribution < -0.4 is 0 Å². The van der Waals surface area contributed by atoms with E-state index in [1.165, 1.54) is 5.56 Å². The average molecular weight is 272 g/mol. The first kappa shape index (κ1) is 13.3. The van der Waals surface area contributed by atoms with E-state index in [2.05, 4.69) is 40.8 Å². The summed E-state index contributed by atoms with van der Waals surface area (Å²) in [5.41, 5.74) is 5.62. The molecule has 0 bridgehead atoms. The first-order valence-electron chi connectivity index (χ1n) is 6.88. The van der Waals surface area contributed by atoms with E-state index in [1.54, 1.807) is 0 Å². The van der Waals surface area contributed by atoms with Crippen molar-refractivity contribution >= 4 is 17.0 Å². The topological polar surface area (TPSA) is 25.8 Å². The van der Waals surface area contributed by atoms with Gasteiger partial charge in [-0.25, -0.2) is 0 Å². The molecule has 0 aliphatic rings. The molecule has 0 amide bonds. The lowest BCUT2D eigenvalue weighted by Crippen LogP contribution is -1.86. The van der Waals surface area contributed by atoms with Crippen LogP contribution in [0.5, 0.6) is 0 Å². The quantitative estimate of drug-likeness (QED) is 0.635. The summed E-state index contributed by atoms with van der Waals surface area (Å²) in [4.78, 5) is 8.53. The van der Waals surface area contributed by atoms with Gasteiger partial charge in [0, 0.05) is 24.0 Å². The molecule has 0 unspecified atom stereocenters. The molecule has 0 saturated heterocycles. The van der Waals surface area contributed by atoms with Gasteiger partial charge in [0.25, 0.3) is 0 Å². The molecule has 3 rings (SSSR count). The summed E-state index contributed by atoms with van der Waals surface area (Å²) in [5, 5.41) is 1.15. The molecule has 0 radical (unpaired) electrons. The van der Waals surface area contributed by atoms with Gasteiger partial charge < -0.3 is 0 Å². The summed E-state index contributed by atoms with van der Waals surface area (Å²) in [6, 6.07) is 12.4. The second-order valence-corrected chi connectivity index (χ2v) is 4.96. The van der Waals surface area contributed by atoms with Crippen molar-refractivity contribution in [2.45, 2.75) is 6.92 Å². The molecular weight excluding hydrogens is 256 g/mol. The van der Waals surface area contributed by atoms with Gasteiger partial charge in [0.1, 0.15) is 0 Å². The number of aromatic nitrogens is 2. The van der Waals surface area contributed by atoms with Crippen molar-refractivity contribution in [3.05, 3.63) is 78.8 Å². The molecule has 1 aromatic carbocycles. The summed E-state index contributed by atoms with van der Waals surface area (Å²) in [6.07, 6.45) is 9.45. The maximum atomic E-state index is 4.45. The minimum Gasteiger partial charge on any atom is -0.265 e. The zero-order valence-electron chi connectivity index (χ0n) is 12.0. The smallest absolute Gasteiger partial charge is 0.0708 e. The lowest BCUT2D eigenvalue weighted by molar-refractivity contribution is 1.33. The molecule has 21 heavy (non-hydrogen) atoms. The Morgan fingerprint density at radius 3 is 2.62 bits per heavy atom. The van der Waals surface area contributed by atoms with E-state index in [0.29, 0.717) is 0 Å². The van der Waals surface area contributed by atoms with Gasteiger partial charge in [0.15, 0.2) is 0 Å². The van der Waals surface area contributed by atoms with Crippen molar-refractivity contribution in [3.63, 3.8) is 0 Å². The summed E-state index contributed by atoms with van der Waals surface area (Å²) < 4.78 is 0. The molecule has 0 aliphatic heterocycles. The van der Waals surface area contributed by atoms with Crippen LogP contribution in [-0.4, -0.2) is 9.97 Å². The van der Waals surface area contributed by atoms with Crippen LogP contribution in [0.3, 0.4) is 0 Å². The Kier molecular flexibility index (Phi) is 3.61. The van der Waals surface area contributed by atoms with Gasteiger partial charge in [-0.2, -0.15) is 0 Å². The van der Waals surface area contributed by atoms with E-state index in [9.17, 15) is 0 Å². The van der Waals surface area contributed by atoms with Crippen molar-refractivity contribution in [2.24, 2.45) is 0 Å². The normalized spacial score (nSPS) is 11.6. The second-order valence-electron chi connectivity index (χ2n) is 4.96. The number of pyridine rings is 2. The number of allylic oxidation sites excluding steroid dienone is 2. The summed E-state index contributed by atoms with van der Waals surface area (Å²) in [7, 11) is 0. The van der Waals surface area contributed by atoms with E-state index in [-0.39, 0.29) is 0 Å². The maximum absolute atomic E-state index is 4.45. The molecule has 2 aromatic heterocycles. The summed E-state index contributed by atoms with van der Waals surface area (Å²) in [5.74, 6) is 0. The van der Waals surface area contributed by atoms with Crippen LogP contribution in [0.2, 0.25) is 0 Å². The number of rotatable bonds is 3. The van der Waals surface area contributed by atoms with Crippen molar-refractivity contribution in [1.82, 2.24) is 9.97 Å². The first-order valence-corrected chi connectivity index (χ1v) is 6.88. The van der Waals surface area contributed by atoms with Gasteiger partial charge in [-0.05, 0) is 53.9 Å². The Labute approximate surface area is 124 Å². The van der Waals surface area contributed by atoms with Gasteiger partial charge in [-0.1, -0.05) is 30.4 Å². The average Bonchev–Trinajstić information content (AvgIpc) is 2.55. The van der Waals surface area contributed by atoms with Crippen LogP contribution in [0.15, 0.2) is 73.2 Å². The molecular formula is C19H16N2. The van der Waals surface area contributed by atoms with E-state index in [1.807, 2.05) is 49.8 Å². The van der Waals surface area contributed by atoms with Crippen LogP contribution in [0, 0.1) is 0 Å². The molecule has 2 nitrogen and oxygen atoms in total. The van der Waals surface area contributed by atoms with Gasteiger partial charge in [-0.15, -0.1) is 0 Å². The Balaban J connectivity index is 2.22. The Bertz CT molecular complexity index is 817. The predicted molar refractivity (Wildman–Crippen MR) is 88.8 cm³/mol. The molecule has 0 N–H and O–H groups in total. The fourth-order valence-electron chi connectivity index (χ4n) is 2.36. The fourth-order valence-corrected chi connectivity index (χ4v) is 2.36. The van der Waals surface area contributed by atoms with E-state index in [0.717, 1.165) is 27.6 Å². The third kappa shape index (κ3) is 2.75. The highest BCUT2D eigenvalue weighted by Gasteiger charge is 2.05. The maximum Gasteiger partial charge on any atom is 0.0708 e. The van der Waals surface area contributed by atoms with Crippen molar-refractivity contribution in [1.29, 1.82) is 0 Å². The third-order valence-corrected chi connectivity index (χ3v) is 3.47. The molecule has 0 spiro atoms. The highest BCUT2D eigenvalue weighted by atomic mass is 14.6. The molecule has 2 heteroatoms. The summed E-state index contributed by atoms with van der Waals surface area (Å²) in [6.45, 7) is 5.84. The van der Waals surface area contributed by atoms with Crippen molar-refractivity contribution < 1.29 is 0 Å². The van der Waals surface area contributed by atoms with Gasteiger partial charge >= 0.3 is 0 Å². The van der Waals surface area contributed by atoms with E-state index >= 15 is 0 Å².